The Hall–Kier alpha value is -2.31. The van der Waals surface area contributed by atoms with Crippen molar-refractivity contribution in [1.29, 1.82) is 0 Å². The monoisotopic (exact) mass is 386 g/mol. The Morgan fingerprint density at radius 2 is 1.89 bits per heavy atom. The van der Waals surface area contributed by atoms with Gasteiger partial charge in [-0.05, 0) is 49.2 Å². The number of rotatable bonds is 5. The summed E-state index contributed by atoms with van der Waals surface area (Å²) in [6.07, 6.45) is 2.10. The van der Waals surface area contributed by atoms with E-state index in [1.165, 1.54) is 29.2 Å². The van der Waals surface area contributed by atoms with Crippen molar-refractivity contribution in [2.24, 2.45) is 0 Å². The summed E-state index contributed by atoms with van der Waals surface area (Å²) in [4.78, 5) is 15.1. The normalized spacial score (nSPS) is 19.9. The fourth-order valence-corrected chi connectivity index (χ4v) is 4.88. The summed E-state index contributed by atoms with van der Waals surface area (Å²) in [5.74, 6) is -1.16. The average molecular weight is 386 g/mol. The molecule has 1 amide bonds. The first-order chi connectivity index (χ1) is 13.5. The van der Waals surface area contributed by atoms with E-state index in [9.17, 15) is 18.7 Å². The number of nitrogens with zero attached hydrogens (tertiary/aromatic N) is 1. The highest BCUT2D eigenvalue weighted by Gasteiger charge is 2.55. The smallest absolute Gasteiger partial charge is 0.238 e. The maximum atomic E-state index is 15.0. The van der Waals surface area contributed by atoms with E-state index in [0.29, 0.717) is 24.0 Å². The van der Waals surface area contributed by atoms with Crippen molar-refractivity contribution in [3.05, 3.63) is 65.2 Å². The predicted octanol–water partition coefficient (Wildman–Crippen LogP) is 3.44. The number of amides is 1. The molecule has 0 saturated heterocycles. The van der Waals surface area contributed by atoms with Crippen molar-refractivity contribution < 1.29 is 18.7 Å². The fourth-order valence-electron chi connectivity index (χ4n) is 4.88. The first-order valence-electron chi connectivity index (χ1n) is 9.70. The number of anilines is 1. The number of benzene rings is 2. The second kappa shape index (κ2) is 7.26. The van der Waals surface area contributed by atoms with E-state index in [1.54, 1.807) is 19.2 Å². The molecule has 2 aliphatic rings. The van der Waals surface area contributed by atoms with Gasteiger partial charge in [0.2, 0.25) is 5.91 Å². The fraction of sp³-hybridized carbons (Fsp3) is 0.409. The molecule has 0 unspecified atom stereocenters. The van der Waals surface area contributed by atoms with Crippen LogP contribution in [0.15, 0.2) is 42.5 Å². The molecule has 1 fully saturated rings. The van der Waals surface area contributed by atoms with Crippen LogP contribution in [0.4, 0.5) is 14.5 Å². The Morgan fingerprint density at radius 1 is 1.18 bits per heavy atom. The van der Waals surface area contributed by atoms with E-state index in [1.807, 2.05) is 6.07 Å². The van der Waals surface area contributed by atoms with Gasteiger partial charge in [0.05, 0.1) is 23.2 Å². The Labute approximate surface area is 163 Å². The highest BCUT2D eigenvalue weighted by molar-refractivity contribution is 6.09. The molecule has 1 saturated carbocycles. The summed E-state index contributed by atoms with van der Waals surface area (Å²) >= 11 is 0. The molecule has 4 nitrogen and oxygen atoms in total. The van der Waals surface area contributed by atoms with Gasteiger partial charge in [-0.25, -0.2) is 8.78 Å². The summed E-state index contributed by atoms with van der Waals surface area (Å²) in [6, 6.07) is 9.71. The summed E-state index contributed by atoms with van der Waals surface area (Å²) in [5.41, 5.74) is 0.606. The van der Waals surface area contributed by atoms with Crippen molar-refractivity contribution in [1.82, 2.24) is 5.32 Å². The van der Waals surface area contributed by atoms with Crippen molar-refractivity contribution in [3.63, 3.8) is 0 Å². The quantitative estimate of drug-likeness (QED) is 0.828. The van der Waals surface area contributed by atoms with Crippen molar-refractivity contribution >= 4 is 11.6 Å². The van der Waals surface area contributed by atoms with Crippen molar-refractivity contribution in [2.45, 2.75) is 43.2 Å². The van der Waals surface area contributed by atoms with E-state index in [-0.39, 0.29) is 18.1 Å². The summed E-state index contributed by atoms with van der Waals surface area (Å²) in [7, 11) is 1.69. The Kier molecular flexibility index (Phi) is 4.93. The highest BCUT2D eigenvalue weighted by Crippen LogP contribution is 2.54. The number of aliphatic hydroxyl groups is 1. The van der Waals surface area contributed by atoms with Crippen LogP contribution in [0.1, 0.15) is 42.9 Å². The number of carbonyl (C=O) groups is 1. The zero-order valence-electron chi connectivity index (χ0n) is 15.8. The summed E-state index contributed by atoms with van der Waals surface area (Å²) in [6.45, 7) is 0.182. The molecular weight excluding hydrogens is 362 g/mol. The minimum atomic E-state index is -1.03. The van der Waals surface area contributed by atoms with Gasteiger partial charge in [0, 0.05) is 6.54 Å². The Balaban J connectivity index is 1.90. The van der Waals surface area contributed by atoms with Crippen LogP contribution in [0.5, 0.6) is 0 Å². The molecule has 0 aromatic heterocycles. The molecular formula is C22H24F2N2O2. The molecule has 0 radical (unpaired) electrons. The third kappa shape index (κ3) is 2.83. The van der Waals surface area contributed by atoms with Gasteiger partial charge in [-0.15, -0.1) is 0 Å². The van der Waals surface area contributed by atoms with Crippen LogP contribution in [0.2, 0.25) is 0 Å². The van der Waals surface area contributed by atoms with E-state index in [2.05, 4.69) is 5.32 Å². The topological polar surface area (TPSA) is 52.6 Å². The van der Waals surface area contributed by atoms with E-state index >= 15 is 0 Å². The maximum absolute atomic E-state index is 15.0. The number of likely N-dealkylation sites (N-methyl/N-ethyl adjacent to an activating group) is 1. The van der Waals surface area contributed by atoms with Crippen molar-refractivity contribution in [3.8, 4) is 0 Å². The number of hydrogen-bond acceptors (Lipinski definition) is 3. The van der Waals surface area contributed by atoms with Gasteiger partial charge in [0.1, 0.15) is 11.6 Å². The molecule has 4 rings (SSSR count). The van der Waals surface area contributed by atoms with E-state index in [0.717, 1.165) is 12.8 Å². The lowest BCUT2D eigenvalue weighted by molar-refractivity contribution is -0.124. The Bertz CT molecular complexity index is 896. The number of para-hydroxylation sites is 1. The molecule has 2 atom stereocenters. The van der Waals surface area contributed by atoms with Gasteiger partial charge in [0.25, 0.3) is 0 Å². The van der Waals surface area contributed by atoms with Crippen molar-refractivity contribution in [2.75, 3.05) is 18.5 Å². The molecule has 1 heterocycles. The van der Waals surface area contributed by atoms with Gasteiger partial charge < -0.3 is 10.4 Å². The number of aliphatic hydroxyl groups excluding tert-OH is 1. The summed E-state index contributed by atoms with van der Waals surface area (Å²) < 4.78 is 28.9. The lowest BCUT2D eigenvalue weighted by Gasteiger charge is -2.34. The summed E-state index contributed by atoms with van der Waals surface area (Å²) in [5, 5.41) is 13.8. The van der Waals surface area contributed by atoms with Crippen LogP contribution >= 0.6 is 0 Å². The average Bonchev–Trinajstić information content (AvgIpc) is 3.24. The van der Waals surface area contributed by atoms with Gasteiger partial charge in [-0.1, -0.05) is 37.1 Å². The van der Waals surface area contributed by atoms with Crippen LogP contribution < -0.4 is 10.2 Å². The van der Waals surface area contributed by atoms with E-state index in [4.69, 9.17) is 0 Å². The van der Waals surface area contributed by atoms with Gasteiger partial charge >= 0.3 is 0 Å². The standard InChI is InChI=1S/C22H24F2N2O2/c1-25-13-18(27)19(14-6-4-7-15(23)12-14)26-20-16(8-5-9-17(20)24)22(21(26)28)10-2-3-11-22/h4-9,12,18-19,25,27H,2-3,10-11,13H2,1H3/t18-,19+/m1/s1. The molecule has 1 spiro atoms. The molecule has 6 heteroatoms. The minimum absolute atomic E-state index is 0.182. The third-order valence-electron chi connectivity index (χ3n) is 6.07. The zero-order chi connectivity index (χ0) is 19.9. The van der Waals surface area contributed by atoms with Crippen LogP contribution in [0.25, 0.3) is 0 Å². The molecule has 2 aromatic rings. The molecule has 1 aliphatic heterocycles. The maximum Gasteiger partial charge on any atom is 0.238 e. The second-order valence-electron chi connectivity index (χ2n) is 7.73. The Morgan fingerprint density at radius 3 is 2.57 bits per heavy atom. The highest BCUT2D eigenvalue weighted by atomic mass is 19.1. The number of hydrogen-bond donors (Lipinski definition) is 2. The van der Waals surface area contributed by atoms with Gasteiger partial charge in [-0.2, -0.15) is 0 Å². The number of fused-ring (bicyclic) bond motifs is 2. The lowest BCUT2D eigenvalue weighted by Crippen LogP contribution is -2.46. The molecule has 1 aliphatic carbocycles. The largest absolute Gasteiger partial charge is 0.389 e. The molecule has 28 heavy (non-hydrogen) atoms. The van der Waals surface area contributed by atoms with E-state index < -0.39 is 29.2 Å². The predicted molar refractivity (Wildman–Crippen MR) is 103 cm³/mol. The van der Waals surface area contributed by atoms with Crippen LogP contribution in [0, 0.1) is 11.6 Å². The minimum Gasteiger partial charge on any atom is -0.389 e. The first kappa shape index (κ1) is 19.0. The third-order valence-corrected chi connectivity index (χ3v) is 6.07. The van der Waals surface area contributed by atoms with Crippen LogP contribution in [-0.4, -0.2) is 30.7 Å². The number of halogens is 2. The molecule has 2 aromatic carbocycles. The molecule has 2 N–H and O–H groups in total. The lowest BCUT2D eigenvalue weighted by atomic mass is 9.80. The SMILES string of the molecule is CNC[C@@H](O)[C@H](c1cccc(F)c1)N1C(=O)C2(CCCC2)c2cccc(F)c21. The van der Waals surface area contributed by atoms with Gasteiger partial charge in [0.15, 0.2) is 0 Å². The second-order valence-corrected chi connectivity index (χ2v) is 7.73. The molecule has 148 valence electrons. The van der Waals surface area contributed by atoms with Crippen LogP contribution in [0.3, 0.4) is 0 Å². The van der Waals surface area contributed by atoms with Crippen LogP contribution in [-0.2, 0) is 10.2 Å². The first-order valence-corrected chi connectivity index (χ1v) is 9.70. The van der Waals surface area contributed by atoms with Gasteiger partial charge in [-0.3, -0.25) is 9.69 Å². The zero-order valence-corrected chi connectivity index (χ0v) is 15.8. The molecule has 0 bridgehead atoms. The number of nitrogens with one attached hydrogen (secondary N) is 1. The number of carbonyl (C=O) groups excluding carboxylic acids is 1.